The summed E-state index contributed by atoms with van der Waals surface area (Å²) in [6, 6.07) is 16.2. The Labute approximate surface area is 142 Å². The van der Waals surface area contributed by atoms with Gasteiger partial charge >= 0.3 is 0 Å². The van der Waals surface area contributed by atoms with Gasteiger partial charge in [-0.1, -0.05) is 18.2 Å². The normalized spacial score (nSPS) is 11.4. The van der Waals surface area contributed by atoms with Crippen molar-refractivity contribution in [2.24, 2.45) is 0 Å². The topological polar surface area (TPSA) is 35.0 Å². The van der Waals surface area contributed by atoms with E-state index in [1.54, 1.807) is 7.11 Å². The van der Waals surface area contributed by atoms with Crippen molar-refractivity contribution in [3.05, 3.63) is 77.6 Å². The smallest absolute Gasteiger partial charge is 0.118 e. The van der Waals surface area contributed by atoms with E-state index in [-0.39, 0.29) is 0 Å². The van der Waals surface area contributed by atoms with Crippen LogP contribution in [0.25, 0.3) is 23.0 Å². The molecule has 2 aromatic heterocycles. The van der Waals surface area contributed by atoms with E-state index in [0.717, 1.165) is 22.7 Å². The second-order valence-electron chi connectivity index (χ2n) is 5.75. The van der Waals surface area contributed by atoms with E-state index < -0.39 is 0 Å². The van der Waals surface area contributed by atoms with E-state index in [9.17, 15) is 0 Å². The molecule has 0 fully saturated rings. The molecule has 120 valence electrons. The zero-order chi connectivity index (χ0) is 16.9. The predicted molar refractivity (Wildman–Crippen MR) is 98.7 cm³/mol. The monoisotopic (exact) mass is 316 g/mol. The Kier molecular flexibility index (Phi) is 4.71. The zero-order valence-corrected chi connectivity index (χ0v) is 14.2. The highest BCUT2D eigenvalue weighted by atomic mass is 16.5. The molecule has 0 unspecified atom stereocenters. The molecule has 0 aliphatic heterocycles. The SMILES string of the molecule is COc1ccc(/C(C)=C/c2ccnc(-c3cc(C)ccn3)c2)cc1. The summed E-state index contributed by atoms with van der Waals surface area (Å²) in [5.74, 6) is 0.864. The second kappa shape index (κ2) is 7.09. The summed E-state index contributed by atoms with van der Waals surface area (Å²) in [7, 11) is 1.68. The molecule has 0 bridgehead atoms. The van der Waals surface area contributed by atoms with Crippen LogP contribution in [-0.4, -0.2) is 17.1 Å². The van der Waals surface area contributed by atoms with Gasteiger partial charge < -0.3 is 4.74 Å². The van der Waals surface area contributed by atoms with Crippen LogP contribution in [0.3, 0.4) is 0 Å². The number of methoxy groups -OCH3 is 1. The van der Waals surface area contributed by atoms with Crippen LogP contribution in [-0.2, 0) is 0 Å². The average Bonchev–Trinajstić information content (AvgIpc) is 2.62. The van der Waals surface area contributed by atoms with E-state index in [1.807, 2.05) is 42.7 Å². The highest BCUT2D eigenvalue weighted by Gasteiger charge is 2.03. The molecule has 0 amide bonds. The summed E-state index contributed by atoms with van der Waals surface area (Å²) >= 11 is 0. The lowest BCUT2D eigenvalue weighted by Gasteiger charge is -2.06. The zero-order valence-electron chi connectivity index (χ0n) is 14.2. The van der Waals surface area contributed by atoms with Gasteiger partial charge in [0.2, 0.25) is 0 Å². The first-order valence-electron chi connectivity index (χ1n) is 7.87. The van der Waals surface area contributed by atoms with Crippen LogP contribution >= 0.6 is 0 Å². The van der Waals surface area contributed by atoms with Gasteiger partial charge in [-0.15, -0.1) is 0 Å². The number of aromatic nitrogens is 2. The Hall–Kier alpha value is -2.94. The molecule has 3 aromatic rings. The maximum Gasteiger partial charge on any atom is 0.118 e. The van der Waals surface area contributed by atoms with Crippen LogP contribution in [0.1, 0.15) is 23.6 Å². The molecule has 3 nitrogen and oxygen atoms in total. The van der Waals surface area contributed by atoms with Gasteiger partial charge in [0, 0.05) is 12.4 Å². The van der Waals surface area contributed by atoms with Crippen molar-refractivity contribution >= 4 is 11.6 Å². The first-order chi connectivity index (χ1) is 11.7. The van der Waals surface area contributed by atoms with Crippen molar-refractivity contribution in [2.45, 2.75) is 13.8 Å². The molecule has 0 saturated heterocycles. The molecule has 2 heterocycles. The first-order valence-corrected chi connectivity index (χ1v) is 7.87. The minimum absolute atomic E-state index is 0.864. The highest BCUT2D eigenvalue weighted by molar-refractivity contribution is 5.81. The van der Waals surface area contributed by atoms with E-state index in [0.29, 0.717) is 0 Å². The van der Waals surface area contributed by atoms with Crippen LogP contribution in [0.15, 0.2) is 60.9 Å². The molecule has 24 heavy (non-hydrogen) atoms. The summed E-state index contributed by atoms with van der Waals surface area (Å²) in [4.78, 5) is 8.86. The molecule has 3 heteroatoms. The first kappa shape index (κ1) is 15.9. The van der Waals surface area contributed by atoms with Crippen molar-refractivity contribution in [1.29, 1.82) is 0 Å². The van der Waals surface area contributed by atoms with Crippen molar-refractivity contribution in [3.8, 4) is 17.1 Å². The number of hydrogen-bond donors (Lipinski definition) is 0. The number of aryl methyl sites for hydroxylation is 1. The van der Waals surface area contributed by atoms with Gasteiger partial charge in [0.05, 0.1) is 18.5 Å². The molecule has 0 atom stereocenters. The Balaban J connectivity index is 1.90. The molecule has 0 aliphatic rings. The van der Waals surface area contributed by atoms with Crippen LogP contribution < -0.4 is 4.74 Å². The number of allylic oxidation sites excluding steroid dienone is 1. The molecule has 0 N–H and O–H groups in total. The minimum atomic E-state index is 0.864. The van der Waals surface area contributed by atoms with Crippen LogP contribution in [0.2, 0.25) is 0 Å². The molecule has 0 aliphatic carbocycles. The largest absolute Gasteiger partial charge is 0.497 e. The number of nitrogens with zero attached hydrogens (tertiary/aromatic N) is 2. The van der Waals surface area contributed by atoms with Gasteiger partial charge in [-0.2, -0.15) is 0 Å². The summed E-state index contributed by atoms with van der Waals surface area (Å²) in [5, 5.41) is 0. The maximum absolute atomic E-state index is 5.21. The summed E-state index contributed by atoms with van der Waals surface area (Å²) in [5.41, 5.74) is 6.42. The third kappa shape index (κ3) is 3.69. The molecular formula is C21H20N2O. The average molecular weight is 316 g/mol. The van der Waals surface area contributed by atoms with Crippen LogP contribution in [0.5, 0.6) is 5.75 Å². The van der Waals surface area contributed by atoms with Crippen LogP contribution in [0.4, 0.5) is 0 Å². The highest BCUT2D eigenvalue weighted by Crippen LogP contribution is 2.22. The summed E-state index contributed by atoms with van der Waals surface area (Å²) in [6.07, 6.45) is 5.80. The van der Waals surface area contributed by atoms with Crippen molar-refractivity contribution in [1.82, 2.24) is 9.97 Å². The molecule has 0 spiro atoms. The fraction of sp³-hybridized carbons (Fsp3) is 0.143. The van der Waals surface area contributed by atoms with Crippen molar-refractivity contribution in [2.75, 3.05) is 7.11 Å². The lowest BCUT2D eigenvalue weighted by atomic mass is 10.0. The standard InChI is InChI=1S/C21H20N2O/c1-15-8-10-22-20(12-15)21-14-17(9-11-23-21)13-16(2)18-4-6-19(24-3)7-5-18/h4-14H,1-3H3/b16-13+. The lowest BCUT2D eigenvalue weighted by Crippen LogP contribution is -1.89. The Morgan fingerprint density at radius 3 is 2.25 bits per heavy atom. The number of pyridine rings is 2. The van der Waals surface area contributed by atoms with Gasteiger partial charge in [0.1, 0.15) is 5.75 Å². The molecule has 3 rings (SSSR count). The predicted octanol–water partition coefficient (Wildman–Crippen LogP) is 5.02. The van der Waals surface area contributed by atoms with E-state index in [4.69, 9.17) is 4.74 Å². The second-order valence-corrected chi connectivity index (χ2v) is 5.75. The van der Waals surface area contributed by atoms with E-state index >= 15 is 0 Å². The molecule has 1 aromatic carbocycles. The number of ether oxygens (including phenoxy) is 1. The van der Waals surface area contributed by atoms with E-state index in [1.165, 1.54) is 16.7 Å². The fourth-order valence-corrected chi connectivity index (χ4v) is 2.54. The maximum atomic E-state index is 5.21. The fourth-order valence-electron chi connectivity index (χ4n) is 2.54. The summed E-state index contributed by atoms with van der Waals surface area (Å²) < 4.78 is 5.21. The Morgan fingerprint density at radius 1 is 0.917 bits per heavy atom. The Morgan fingerprint density at radius 2 is 1.58 bits per heavy atom. The van der Waals surface area contributed by atoms with Gasteiger partial charge in [0.15, 0.2) is 0 Å². The third-order valence-electron chi connectivity index (χ3n) is 3.89. The molecular weight excluding hydrogens is 296 g/mol. The quantitative estimate of drug-likeness (QED) is 0.678. The number of hydrogen-bond acceptors (Lipinski definition) is 3. The lowest BCUT2D eigenvalue weighted by molar-refractivity contribution is 0.415. The number of benzene rings is 1. The molecule has 0 saturated carbocycles. The summed E-state index contributed by atoms with van der Waals surface area (Å²) in [6.45, 7) is 4.16. The van der Waals surface area contributed by atoms with E-state index in [2.05, 4.69) is 48.1 Å². The number of rotatable bonds is 4. The Bertz CT molecular complexity index is 867. The minimum Gasteiger partial charge on any atom is -0.497 e. The third-order valence-corrected chi connectivity index (χ3v) is 3.89. The van der Waals surface area contributed by atoms with Gasteiger partial charge in [-0.3, -0.25) is 9.97 Å². The van der Waals surface area contributed by atoms with Gasteiger partial charge in [0.25, 0.3) is 0 Å². The van der Waals surface area contributed by atoms with Crippen molar-refractivity contribution < 1.29 is 4.74 Å². The van der Waals surface area contributed by atoms with Gasteiger partial charge in [-0.05, 0) is 72.5 Å². The molecule has 0 radical (unpaired) electrons. The van der Waals surface area contributed by atoms with Gasteiger partial charge in [-0.25, -0.2) is 0 Å². The van der Waals surface area contributed by atoms with Crippen LogP contribution in [0, 0.1) is 6.92 Å². The van der Waals surface area contributed by atoms with Crippen molar-refractivity contribution in [3.63, 3.8) is 0 Å².